The molecule has 3 heterocycles. The Morgan fingerprint density at radius 2 is 1.76 bits per heavy atom. The molecule has 0 aliphatic carbocycles. The van der Waals surface area contributed by atoms with E-state index < -0.39 is 29.3 Å². The Morgan fingerprint density at radius 3 is 2.44 bits per heavy atom. The summed E-state index contributed by atoms with van der Waals surface area (Å²) in [6.07, 6.45) is -0.999. The summed E-state index contributed by atoms with van der Waals surface area (Å²) >= 11 is 2.70. The quantitative estimate of drug-likeness (QED) is 0.142. The minimum atomic E-state index is -4.49. The van der Waals surface area contributed by atoms with Gasteiger partial charge in [0.15, 0.2) is 4.80 Å². The molecule has 0 bridgehead atoms. The van der Waals surface area contributed by atoms with Crippen LogP contribution < -0.4 is 14.9 Å². The highest BCUT2D eigenvalue weighted by Gasteiger charge is 2.35. The molecule has 5 aromatic rings. The number of carbonyl (C=O) groups excluding carboxylic acids is 1. The third kappa shape index (κ3) is 6.05. The van der Waals surface area contributed by atoms with Gasteiger partial charge >= 0.3 is 12.1 Å². The molecule has 0 N–H and O–H groups in total. The van der Waals surface area contributed by atoms with Crippen molar-refractivity contribution in [3.05, 3.63) is 139 Å². The predicted molar refractivity (Wildman–Crippen MR) is 168 cm³/mol. The van der Waals surface area contributed by atoms with Crippen molar-refractivity contribution in [1.82, 2.24) is 4.57 Å². The molecule has 45 heavy (non-hydrogen) atoms. The average molecular weight is 647 g/mol. The maximum atomic E-state index is 14.1. The summed E-state index contributed by atoms with van der Waals surface area (Å²) in [6, 6.07) is 24.0. The van der Waals surface area contributed by atoms with Gasteiger partial charge in [0.25, 0.3) is 5.56 Å². The Labute approximate surface area is 263 Å². The number of aromatic nitrogens is 1. The monoisotopic (exact) mass is 646 g/mol. The van der Waals surface area contributed by atoms with Gasteiger partial charge in [0.05, 0.1) is 34.0 Å². The zero-order valence-corrected chi connectivity index (χ0v) is 25.6. The number of fused-ring (bicyclic) bond motifs is 1. The molecule has 0 fully saturated rings. The van der Waals surface area contributed by atoms with Gasteiger partial charge in [-0.1, -0.05) is 65.9 Å². The molecule has 3 aromatic carbocycles. The largest absolute Gasteiger partial charge is 0.463 e. The van der Waals surface area contributed by atoms with Crippen LogP contribution in [0.25, 0.3) is 23.1 Å². The molecule has 2 aromatic heterocycles. The minimum Gasteiger partial charge on any atom is -0.463 e. The Balaban J connectivity index is 1.52. The summed E-state index contributed by atoms with van der Waals surface area (Å²) in [6.45, 7) is 1.86. The van der Waals surface area contributed by atoms with Gasteiger partial charge in [-0.25, -0.2) is 9.79 Å². The number of furan rings is 1. The number of hydrogen-bond donors (Lipinski definition) is 0. The lowest BCUT2D eigenvalue weighted by Crippen LogP contribution is -2.40. The van der Waals surface area contributed by atoms with E-state index in [9.17, 15) is 22.8 Å². The van der Waals surface area contributed by atoms with Gasteiger partial charge in [-0.3, -0.25) is 9.36 Å². The Bertz CT molecular complexity index is 2090. The van der Waals surface area contributed by atoms with Gasteiger partial charge in [0.2, 0.25) is 0 Å². The molecular weight excluding hydrogens is 622 g/mol. The van der Waals surface area contributed by atoms with E-state index in [0.717, 1.165) is 28.4 Å². The van der Waals surface area contributed by atoms with E-state index in [2.05, 4.69) is 0 Å². The van der Waals surface area contributed by atoms with Crippen LogP contribution >= 0.6 is 23.1 Å². The number of hydrogen-bond acceptors (Lipinski definition) is 7. The molecule has 0 spiro atoms. The van der Waals surface area contributed by atoms with Crippen LogP contribution in [0.4, 0.5) is 13.2 Å². The summed E-state index contributed by atoms with van der Waals surface area (Å²) in [5.41, 5.74) is 1.12. The van der Waals surface area contributed by atoms with E-state index in [4.69, 9.17) is 14.1 Å². The molecule has 0 saturated carbocycles. The number of rotatable bonds is 7. The Kier molecular flexibility index (Phi) is 8.39. The highest BCUT2D eigenvalue weighted by atomic mass is 32.2. The van der Waals surface area contributed by atoms with E-state index in [1.54, 1.807) is 30.8 Å². The van der Waals surface area contributed by atoms with Crippen molar-refractivity contribution in [3.63, 3.8) is 0 Å². The van der Waals surface area contributed by atoms with Gasteiger partial charge in [-0.05, 0) is 55.1 Å². The van der Waals surface area contributed by atoms with Crippen LogP contribution in [0, 0.1) is 0 Å². The molecule has 0 amide bonds. The first-order chi connectivity index (χ1) is 21.7. The maximum absolute atomic E-state index is 14.1. The van der Waals surface area contributed by atoms with Crippen molar-refractivity contribution in [2.45, 2.75) is 24.0 Å². The standard InChI is InChI=1S/C34H25F3N2O4S2/c1-3-42-32(41)28-29(20-8-5-4-6-9-20)38-33-39(30(28)21-12-15-25(44-2)16-13-21)31(40)27(45-33)19-24-14-17-26(43-24)22-10-7-11-23(18-22)34(35,36)37/h4-19,30H,3H2,1-2H3/b27-19+/t30-/m1/s1. The summed E-state index contributed by atoms with van der Waals surface area (Å²) in [5.74, 6) is -0.0747. The molecule has 228 valence electrons. The van der Waals surface area contributed by atoms with Gasteiger partial charge in [0.1, 0.15) is 11.5 Å². The summed E-state index contributed by atoms with van der Waals surface area (Å²) in [5, 5.41) is 0. The average Bonchev–Trinajstić information content (AvgIpc) is 3.64. The molecule has 11 heteroatoms. The second-order valence-electron chi connectivity index (χ2n) is 9.99. The number of thiazole rings is 1. The van der Waals surface area contributed by atoms with Crippen LogP contribution in [0.2, 0.25) is 0 Å². The molecule has 1 atom stereocenters. The number of alkyl halides is 3. The molecule has 0 unspecified atom stereocenters. The minimum absolute atomic E-state index is 0.139. The van der Waals surface area contributed by atoms with Crippen LogP contribution in [-0.4, -0.2) is 23.4 Å². The highest BCUT2D eigenvalue weighted by Crippen LogP contribution is 2.36. The van der Waals surface area contributed by atoms with Gasteiger partial charge in [-0.15, -0.1) is 11.8 Å². The molecule has 1 aliphatic rings. The number of nitrogens with zero attached hydrogens (tertiary/aromatic N) is 2. The van der Waals surface area contributed by atoms with E-state index in [1.807, 2.05) is 60.9 Å². The molecule has 6 rings (SSSR count). The topological polar surface area (TPSA) is 73.8 Å². The smallest absolute Gasteiger partial charge is 0.416 e. The van der Waals surface area contributed by atoms with E-state index in [0.29, 0.717) is 21.6 Å². The third-order valence-corrected chi connectivity index (χ3v) is 8.91. The van der Waals surface area contributed by atoms with E-state index in [1.165, 1.54) is 22.8 Å². The fourth-order valence-electron chi connectivity index (χ4n) is 5.11. The van der Waals surface area contributed by atoms with Crippen molar-refractivity contribution >= 4 is 40.8 Å². The fourth-order valence-corrected chi connectivity index (χ4v) is 6.49. The summed E-state index contributed by atoms with van der Waals surface area (Å²) in [4.78, 5) is 33.9. The SMILES string of the molecule is CCOC(=O)C1=C(c2ccccc2)N=c2s/c(=C/c3ccc(-c4cccc(C(F)(F)F)c4)o3)c(=O)n2[C@@H]1c1ccc(SC)cc1. The number of halogens is 3. The van der Waals surface area contributed by atoms with Gasteiger partial charge < -0.3 is 9.15 Å². The van der Waals surface area contributed by atoms with Crippen molar-refractivity contribution in [3.8, 4) is 11.3 Å². The summed E-state index contributed by atoms with van der Waals surface area (Å²) in [7, 11) is 0. The van der Waals surface area contributed by atoms with Crippen LogP contribution in [-0.2, 0) is 15.7 Å². The first-order valence-corrected chi connectivity index (χ1v) is 15.9. The second-order valence-corrected chi connectivity index (χ2v) is 11.9. The zero-order valence-electron chi connectivity index (χ0n) is 24.0. The molecule has 6 nitrogen and oxygen atoms in total. The lowest BCUT2D eigenvalue weighted by Gasteiger charge is -2.26. The molecule has 1 aliphatic heterocycles. The molecule has 0 radical (unpaired) electrons. The summed E-state index contributed by atoms with van der Waals surface area (Å²) < 4.78 is 52.9. The molecule has 0 saturated heterocycles. The Hall–Kier alpha value is -4.61. The van der Waals surface area contributed by atoms with Crippen LogP contribution in [0.5, 0.6) is 0 Å². The van der Waals surface area contributed by atoms with Crippen LogP contribution in [0.1, 0.15) is 35.4 Å². The van der Waals surface area contributed by atoms with Crippen molar-refractivity contribution in [1.29, 1.82) is 0 Å². The first-order valence-electron chi connectivity index (χ1n) is 13.9. The zero-order chi connectivity index (χ0) is 31.7. The van der Waals surface area contributed by atoms with E-state index >= 15 is 0 Å². The predicted octanol–water partition coefficient (Wildman–Crippen LogP) is 6.94. The van der Waals surface area contributed by atoms with Crippen LogP contribution in [0.3, 0.4) is 0 Å². The highest BCUT2D eigenvalue weighted by molar-refractivity contribution is 7.98. The van der Waals surface area contributed by atoms with E-state index in [-0.39, 0.29) is 33.8 Å². The van der Waals surface area contributed by atoms with Crippen LogP contribution in [0.15, 0.2) is 116 Å². The van der Waals surface area contributed by atoms with Crippen molar-refractivity contribution in [2.24, 2.45) is 4.99 Å². The fraction of sp³-hybridized carbons (Fsp3) is 0.147. The number of ether oxygens (including phenoxy) is 1. The number of benzene rings is 3. The third-order valence-electron chi connectivity index (χ3n) is 7.18. The number of esters is 1. The van der Waals surface area contributed by atoms with Gasteiger partial charge in [-0.2, -0.15) is 13.2 Å². The molecular formula is C34H25F3N2O4S2. The number of carbonyl (C=O) groups is 1. The normalized spacial score (nSPS) is 15.1. The van der Waals surface area contributed by atoms with Crippen molar-refractivity contribution in [2.75, 3.05) is 12.9 Å². The number of thioether (sulfide) groups is 1. The first kappa shape index (κ1) is 30.4. The Morgan fingerprint density at radius 1 is 1.02 bits per heavy atom. The van der Waals surface area contributed by atoms with Gasteiger partial charge in [0, 0.05) is 22.1 Å². The lowest BCUT2D eigenvalue weighted by molar-refractivity contribution is -0.139. The second kappa shape index (κ2) is 12.4. The van der Waals surface area contributed by atoms with Crippen molar-refractivity contribution < 1.29 is 27.1 Å². The maximum Gasteiger partial charge on any atom is 0.416 e. The lowest BCUT2D eigenvalue weighted by atomic mass is 9.93.